The fraction of sp³-hybridized carbons (Fsp3) is 0.933. The van der Waals surface area contributed by atoms with E-state index in [2.05, 4.69) is 27.7 Å². The standard InChI is InChI=1S/C15H31Si/c1-5-16(6-2,14(3)4)15-12-10-8-7-9-11-13-15/h14H,5-13H2,1-4H3. The maximum Gasteiger partial charge on any atom is 0.0620 e. The minimum Gasteiger partial charge on any atom is -0.0677 e. The summed E-state index contributed by atoms with van der Waals surface area (Å²) in [6.07, 6.45) is 10.4. The Kier molecular flexibility index (Phi) is 6.10. The molecule has 0 heterocycles. The molecule has 0 aliphatic heterocycles. The zero-order valence-electron chi connectivity index (χ0n) is 11.9. The minimum absolute atomic E-state index is 0.955. The zero-order valence-corrected chi connectivity index (χ0v) is 12.9. The van der Waals surface area contributed by atoms with Gasteiger partial charge in [-0.3, -0.25) is 0 Å². The van der Waals surface area contributed by atoms with Gasteiger partial charge >= 0.3 is 0 Å². The van der Waals surface area contributed by atoms with Gasteiger partial charge in [0.1, 0.15) is 0 Å². The van der Waals surface area contributed by atoms with Crippen molar-refractivity contribution < 1.29 is 0 Å². The highest BCUT2D eigenvalue weighted by atomic mass is 28.3. The number of hydrogen-bond acceptors (Lipinski definition) is 0. The molecule has 0 spiro atoms. The topological polar surface area (TPSA) is 0 Å². The monoisotopic (exact) mass is 239 g/mol. The van der Waals surface area contributed by atoms with Crippen LogP contribution in [0.25, 0.3) is 0 Å². The van der Waals surface area contributed by atoms with E-state index >= 15 is 0 Å². The molecule has 0 aromatic heterocycles. The van der Waals surface area contributed by atoms with Crippen molar-refractivity contribution in [2.45, 2.75) is 90.3 Å². The molecule has 0 nitrogen and oxygen atoms in total. The molecule has 0 unspecified atom stereocenters. The predicted molar refractivity (Wildman–Crippen MR) is 77.4 cm³/mol. The Labute approximate surface area is 104 Å². The van der Waals surface area contributed by atoms with Gasteiger partial charge in [0.2, 0.25) is 0 Å². The van der Waals surface area contributed by atoms with Crippen LogP contribution in [-0.4, -0.2) is 8.07 Å². The molecule has 0 aromatic carbocycles. The summed E-state index contributed by atoms with van der Waals surface area (Å²) in [5.74, 6) is 0. The van der Waals surface area contributed by atoms with Crippen LogP contribution in [0.4, 0.5) is 0 Å². The van der Waals surface area contributed by atoms with E-state index in [-0.39, 0.29) is 0 Å². The highest BCUT2D eigenvalue weighted by Gasteiger charge is 2.40. The van der Waals surface area contributed by atoms with E-state index in [0.717, 1.165) is 5.54 Å². The Balaban J connectivity index is 2.73. The van der Waals surface area contributed by atoms with Crippen LogP contribution >= 0.6 is 0 Å². The lowest BCUT2D eigenvalue weighted by molar-refractivity contribution is 0.545. The molecule has 0 atom stereocenters. The summed E-state index contributed by atoms with van der Waals surface area (Å²) in [5.41, 5.74) is 3.00. The maximum absolute atomic E-state index is 2.49. The molecule has 1 rings (SSSR count). The lowest BCUT2D eigenvalue weighted by Crippen LogP contribution is -2.44. The average molecular weight is 239 g/mol. The molecule has 1 radical (unpaired) electrons. The van der Waals surface area contributed by atoms with Gasteiger partial charge in [-0.25, -0.2) is 0 Å². The molecule has 1 aliphatic carbocycles. The molecule has 1 fully saturated rings. The molecule has 95 valence electrons. The highest BCUT2D eigenvalue weighted by Crippen LogP contribution is 2.43. The van der Waals surface area contributed by atoms with Crippen LogP contribution in [0.2, 0.25) is 17.6 Å². The van der Waals surface area contributed by atoms with Crippen molar-refractivity contribution in [2.75, 3.05) is 0 Å². The first kappa shape index (κ1) is 14.3. The highest BCUT2D eigenvalue weighted by molar-refractivity contribution is 6.86. The smallest absolute Gasteiger partial charge is 0.0620 e. The van der Waals surface area contributed by atoms with E-state index in [9.17, 15) is 0 Å². The van der Waals surface area contributed by atoms with Crippen LogP contribution in [0.1, 0.15) is 72.6 Å². The summed E-state index contributed by atoms with van der Waals surface area (Å²) in [4.78, 5) is 0. The van der Waals surface area contributed by atoms with Gasteiger partial charge in [0.25, 0.3) is 0 Å². The first-order valence-electron chi connectivity index (χ1n) is 7.52. The van der Waals surface area contributed by atoms with E-state index < -0.39 is 8.07 Å². The average Bonchev–Trinajstić information content (AvgIpc) is 2.22. The third-order valence-corrected chi connectivity index (χ3v) is 11.7. The summed E-state index contributed by atoms with van der Waals surface area (Å²) in [7, 11) is -1.06. The van der Waals surface area contributed by atoms with Crippen LogP contribution in [0, 0.1) is 5.54 Å². The molecule has 0 bridgehead atoms. The van der Waals surface area contributed by atoms with Crippen LogP contribution in [0.15, 0.2) is 0 Å². The van der Waals surface area contributed by atoms with Gasteiger partial charge in [-0.05, 0) is 18.4 Å². The van der Waals surface area contributed by atoms with Gasteiger partial charge in [0, 0.05) is 0 Å². The molecule has 1 aliphatic rings. The molecule has 0 amide bonds. The fourth-order valence-electron chi connectivity index (χ4n) is 3.80. The van der Waals surface area contributed by atoms with Gasteiger partial charge in [-0.15, -0.1) is 0 Å². The largest absolute Gasteiger partial charge is 0.0677 e. The van der Waals surface area contributed by atoms with Crippen molar-refractivity contribution in [1.82, 2.24) is 0 Å². The Morgan fingerprint density at radius 3 is 1.69 bits per heavy atom. The van der Waals surface area contributed by atoms with Crippen molar-refractivity contribution in [3.05, 3.63) is 5.54 Å². The second kappa shape index (κ2) is 6.83. The van der Waals surface area contributed by atoms with Crippen LogP contribution in [0.5, 0.6) is 0 Å². The third-order valence-electron chi connectivity index (χ3n) is 5.03. The van der Waals surface area contributed by atoms with Gasteiger partial charge in [-0.2, -0.15) is 0 Å². The van der Waals surface area contributed by atoms with Gasteiger partial charge in [0.05, 0.1) is 8.07 Å². The van der Waals surface area contributed by atoms with Crippen LogP contribution in [-0.2, 0) is 0 Å². The predicted octanol–water partition coefficient (Wildman–Crippen LogP) is 5.74. The Morgan fingerprint density at radius 1 is 0.875 bits per heavy atom. The summed E-state index contributed by atoms with van der Waals surface area (Å²) >= 11 is 0. The fourth-order valence-corrected chi connectivity index (χ4v) is 9.10. The second-order valence-electron chi connectivity index (χ2n) is 5.89. The third kappa shape index (κ3) is 3.12. The molecule has 0 N–H and O–H groups in total. The molecule has 16 heavy (non-hydrogen) atoms. The Bertz CT molecular complexity index is 174. The van der Waals surface area contributed by atoms with E-state index in [4.69, 9.17) is 0 Å². The normalized spacial score (nSPS) is 20.8. The van der Waals surface area contributed by atoms with Crippen LogP contribution in [0.3, 0.4) is 0 Å². The van der Waals surface area contributed by atoms with Gasteiger partial charge in [-0.1, -0.05) is 77.4 Å². The maximum atomic E-state index is 2.49. The Hall–Kier alpha value is 0.217. The zero-order chi connectivity index (χ0) is 12.0. The quantitative estimate of drug-likeness (QED) is 0.549. The number of hydrogen-bond donors (Lipinski definition) is 0. The SMILES string of the molecule is CC[Si](CC)([C]1CCCCCCC1)C(C)C. The molecular formula is C15H31Si. The summed E-state index contributed by atoms with van der Waals surface area (Å²) in [6.45, 7) is 9.90. The molecule has 0 aromatic rings. The van der Waals surface area contributed by atoms with E-state index in [1.165, 1.54) is 57.0 Å². The number of rotatable bonds is 4. The van der Waals surface area contributed by atoms with E-state index in [1.54, 1.807) is 0 Å². The minimum atomic E-state index is -1.06. The Morgan fingerprint density at radius 2 is 1.31 bits per heavy atom. The van der Waals surface area contributed by atoms with Crippen molar-refractivity contribution in [2.24, 2.45) is 0 Å². The van der Waals surface area contributed by atoms with Crippen LogP contribution < -0.4 is 0 Å². The molecule has 1 heteroatoms. The molecule has 0 saturated heterocycles. The van der Waals surface area contributed by atoms with E-state index in [0.29, 0.717) is 0 Å². The first-order chi connectivity index (χ1) is 7.67. The molecule has 1 saturated carbocycles. The lowest BCUT2D eigenvalue weighted by atomic mass is 10.0. The second-order valence-corrected chi connectivity index (χ2v) is 11.5. The van der Waals surface area contributed by atoms with Crippen molar-refractivity contribution in [3.8, 4) is 0 Å². The lowest BCUT2D eigenvalue weighted by Gasteiger charge is -2.42. The van der Waals surface area contributed by atoms with Gasteiger partial charge < -0.3 is 0 Å². The first-order valence-corrected chi connectivity index (χ1v) is 10.0. The summed E-state index contributed by atoms with van der Waals surface area (Å²) < 4.78 is 0. The summed E-state index contributed by atoms with van der Waals surface area (Å²) in [5, 5.41) is 0. The van der Waals surface area contributed by atoms with Crippen molar-refractivity contribution in [1.29, 1.82) is 0 Å². The van der Waals surface area contributed by atoms with E-state index in [1.807, 2.05) is 5.54 Å². The van der Waals surface area contributed by atoms with Crippen molar-refractivity contribution >= 4 is 8.07 Å². The van der Waals surface area contributed by atoms with Gasteiger partial charge in [0.15, 0.2) is 0 Å². The van der Waals surface area contributed by atoms with Crippen molar-refractivity contribution in [3.63, 3.8) is 0 Å². The molecular weight excluding hydrogens is 208 g/mol. The summed E-state index contributed by atoms with van der Waals surface area (Å²) in [6, 6.07) is 2.97.